The Morgan fingerprint density at radius 2 is 0.643 bits per heavy atom. The highest BCUT2D eigenvalue weighted by molar-refractivity contribution is 7.24. The molecular weight excluding hydrogens is 559 g/mol. The van der Waals surface area contributed by atoms with Gasteiger partial charge in [0.1, 0.15) is 11.6 Å². The number of benzene rings is 6. The summed E-state index contributed by atoms with van der Waals surface area (Å²) >= 11 is 3.65. The molecule has 0 aliphatic rings. The van der Waals surface area contributed by atoms with Gasteiger partial charge < -0.3 is 0 Å². The van der Waals surface area contributed by atoms with Gasteiger partial charge in [0, 0.05) is 29.9 Å². The van der Waals surface area contributed by atoms with Gasteiger partial charge in [-0.15, -0.1) is 22.7 Å². The molecule has 0 saturated carbocycles. The molecule has 6 aromatic carbocycles. The molecule has 0 unspecified atom stereocenters. The zero-order valence-corrected chi connectivity index (χ0v) is 23.9. The summed E-state index contributed by atoms with van der Waals surface area (Å²) in [4.78, 5) is 2.47. The lowest BCUT2D eigenvalue weighted by Crippen LogP contribution is -1.79. The van der Waals surface area contributed by atoms with E-state index in [0.29, 0.717) is 0 Å². The van der Waals surface area contributed by atoms with E-state index < -0.39 is 0 Å². The minimum atomic E-state index is -0.221. The van der Waals surface area contributed by atoms with E-state index >= 15 is 0 Å². The SMILES string of the molecule is Fc1ccc(-c2ccc(-c3cc4ccc5c(ccc6cc(-c7ccc(-c8ccc(F)cc8)cc7)sc65)c4s3)cc2)cc1. The third kappa shape index (κ3) is 4.40. The molecule has 42 heavy (non-hydrogen) atoms. The summed E-state index contributed by atoms with van der Waals surface area (Å²) in [6.45, 7) is 0. The molecule has 0 bridgehead atoms. The molecule has 0 spiro atoms. The summed E-state index contributed by atoms with van der Waals surface area (Å²) in [5, 5.41) is 5.05. The molecule has 0 N–H and O–H groups in total. The van der Waals surface area contributed by atoms with Crippen molar-refractivity contribution in [1.29, 1.82) is 0 Å². The van der Waals surface area contributed by atoms with Crippen LogP contribution in [0.4, 0.5) is 8.78 Å². The first kappa shape index (κ1) is 25.1. The van der Waals surface area contributed by atoms with Crippen LogP contribution in [-0.2, 0) is 0 Å². The normalized spacial score (nSPS) is 11.6. The second-order valence-corrected chi connectivity index (χ2v) is 12.6. The van der Waals surface area contributed by atoms with Gasteiger partial charge in [-0.1, -0.05) is 97.1 Å². The molecule has 0 aliphatic carbocycles. The maximum absolute atomic E-state index is 13.3. The number of thiophene rings is 2. The number of rotatable bonds is 4. The minimum absolute atomic E-state index is 0.221. The molecule has 0 nitrogen and oxygen atoms in total. The van der Waals surface area contributed by atoms with Crippen LogP contribution in [-0.4, -0.2) is 0 Å². The van der Waals surface area contributed by atoms with Crippen molar-refractivity contribution >= 4 is 53.6 Å². The second-order valence-electron chi connectivity index (χ2n) is 10.5. The van der Waals surface area contributed by atoms with Crippen molar-refractivity contribution in [2.75, 3.05) is 0 Å². The largest absolute Gasteiger partial charge is 0.207 e. The Kier molecular flexibility index (Phi) is 5.99. The van der Waals surface area contributed by atoms with Crippen molar-refractivity contribution in [3.8, 4) is 43.1 Å². The first-order chi connectivity index (χ1) is 20.6. The Bertz CT molecular complexity index is 2060. The zero-order valence-electron chi connectivity index (χ0n) is 22.3. The Balaban J connectivity index is 1.14. The van der Waals surface area contributed by atoms with Gasteiger partial charge in [0.05, 0.1) is 0 Å². The van der Waals surface area contributed by atoms with Crippen LogP contribution in [0.1, 0.15) is 0 Å². The van der Waals surface area contributed by atoms with Crippen LogP contribution >= 0.6 is 22.7 Å². The lowest BCUT2D eigenvalue weighted by molar-refractivity contribution is 0.627. The maximum atomic E-state index is 13.3. The Hall–Kier alpha value is -4.64. The summed E-state index contributed by atoms with van der Waals surface area (Å²) in [5.41, 5.74) is 6.53. The van der Waals surface area contributed by atoms with Gasteiger partial charge in [0.25, 0.3) is 0 Å². The van der Waals surface area contributed by atoms with Gasteiger partial charge in [0.15, 0.2) is 0 Å². The zero-order chi connectivity index (χ0) is 28.2. The van der Waals surface area contributed by atoms with Crippen LogP contribution < -0.4 is 0 Å². The van der Waals surface area contributed by atoms with Crippen LogP contribution in [0.2, 0.25) is 0 Å². The third-order valence-corrected chi connectivity index (χ3v) is 10.3. The Labute approximate surface area is 249 Å². The minimum Gasteiger partial charge on any atom is -0.207 e. The average Bonchev–Trinajstić information content (AvgIpc) is 3.67. The lowest BCUT2D eigenvalue weighted by atomic mass is 10.0. The fourth-order valence-electron chi connectivity index (χ4n) is 5.62. The van der Waals surface area contributed by atoms with E-state index in [9.17, 15) is 8.78 Å². The quantitative estimate of drug-likeness (QED) is 0.194. The van der Waals surface area contributed by atoms with Crippen LogP contribution in [0.15, 0.2) is 133 Å². The van der Waals surface area contributed by atoms with E-state index in [1.165, 1.54) is 76.1 Å². The maximum Gasteiger partial charge on any atom is 0.123 e. The van der Waals surface area contributed by atoms with Crippen LogP contribution in [0.3, 0.4) is 0 Å². The van der Waals surface area contributed by atoms with Crippen LogP contribution in [0.5, 0.6) is 0 Å². The number of hydrogen-bond acceptors (Lipinski definition) is 2. The van der Waals surface area contributed by atoms with Crippen molar-refractivity contribution in [3.63, 3.8) is 0 Å². The van der Waals surface area contributed by atoms with Gasteiger partial charge in [-0.3, -0.25) is 0 Å². The van der Waals surface area contributed by atoms with Crippen LogP contribution in [0, 0.1) is 11.6 Å². The molecule has 0 amide bonds. The smallest absolute Gasteiger partial charge is 0.123 e. The van der Waals surface area contributed by atoms with Gasteiger partial charge in [-0.05, 0) is 80.6 Å². The molecule has 0 fully saturated rings. The third-order valence-electron chi connectivity index (χ3n) is 7.85. The summed E-state index contributed by atoms with van der Waals surface area (Å²) in [6.07, 6.45) is 0. The van der Waals surface area contributed by atoms with E-state index in [4.69, 9.17) is 0 Å². The Morgan fingerprint density at radius 3 is 1.00 bits per heavy atom. The standard InChI is InChI=1S/C38H22F2S2/c39-31-15-9-25(10-16-31)23-1-5-27(6-2-23)35-21-29-13-19-34-33(37(29)41-35)20-14-30-22-36(42-38(30)34)28-7-3-24(4-8-28)26-11-17-32(40)18-12-26/h1-22H. The van der Waals surface area contributed by atoms with Crippen molar-refractivity contribution in [2.45, 2.75) is 0 Å². The predicted octanol–water partition coefficient (Wildman–Crippen LogP) is 12.2. The van der Waals surface area contributed by atoms with Crippen molar-refractivity contribution in [3.05, 3.63) is 145 Å². The summed E-state index contributed by atoms with van der Waals surface area (Å²) in [7, 11) is 0. The first-order valence-electron chi connectivity index (χ1n) is 13.7. The molecule has 0 saturated heterocycles. The highest BCUT2D eigenvalue weighted by Gasteiger charge is 2.13. The molecular formula is C38H22F2S2. The van der Waals surface area contributed by atoms with E-state index in [0.717, 1.165) is 22.3 Å². The van der Waals surface area contributed by atoms with Crippen molar-refractivity contribution in [1.82, 2.24) is 0 Å². The fraction of sp³-hybridized carbons (Fsp3) is 0. The molecule has 0 radical (unpaired) electrons. The summed E-state index contributed by atoms with van der Waals surface area (Å²) < 4.78 is 29.3. The highest BCUT2D eigenvalue weighted by Crippen LogP contribution is 2.43. The van der Waals surface area contributed by atoms with E-state index in [1.54, 1.807) is 0 Å². The monoisotopic (exact) mass is 580 g/mol. The summed E-state index contributed by atoms with van der Waals surface area (Å²) in [6, 6.07) is 43.8. The van der Waals surface area contributed by atoms with Gasteiger partial charge in [0.2, 0.25) is 0 Å². The van der Waals surface area contributed by atoms with Crippen LogP contribution in [0.25, 0.3) is 74.1 Å². The van der Waals surface area contributed by atoms with Crippen molar-refractivity contribution < 1.29 is 8.78 Å². The number of halogens is 2. The highest BCUT2D eigenvalue weighted by atomic mass is 32.1. The first-order valence-corrected chi connectivity index (χ1v) is 15.3. The molecule has 0 atom stereocenters. The van der Waals surface area contributed by atoms with E-state index in [2.05, 4.69) is 84.9 Å². The van der Waals surface area contributed by atoms with Crippen molar-refractivity contribution in [2.24, 2.45) is 0 Å². The Morgan fingerprint density at radius 1 is 0.333 bits per heavy atom. The van der Waals surface area contributed by atoms with E-state index in [-0.39, 0.29) is 11.6 Å². The molecule has 8 rings (SSSR count). The molecule has 0 aliphatic heterocycles. The number of fused-ring (bicyclic) bond motifs is 5. The molecule has 2 aromatic heterocycles. The summed E-state index contributed by atoms with van der Waals surface area (Å²) in [5.74, 6) is -0.442. The average molecular weight is 581 g/mol. The lowest BCUT2D eigenvalue weighted by Gasteiger charge is -2.03. The number of hydrogen-bond donors (Lipinski definition) is 0. The molecule has 2 heterocycles. The van der Waals surface area contributed by atoms with Gasteiger partial charge in [-0.2, -0.15) is 0 Å². The van der Waals surface area contributed by atoms with Gasteiger partial charge in [-0.25, -0.2) is 8.78 Å². The van der Waals surface area contributed by atoms with E-state index in [1.807, 2.05) is 46.9 Å². The molecule has 200 valence electrons. The van der Waals surface area contributed by atoms with Gasteiger partial charge >= 0.3 is 0 Å². The molecule has 4 heteroatoms. The fourth-order valence-corrected chi connectivity index (χ4v) is 8.01. The topological polar surface area (TPSA) is 0 Å². The molecule has 8 aromatic rings. The predicted molar refractivity (Wildman–Crippen MR) is 176 cm³/mol. The second kappa shape index (κ2) is 10.0.